The van der Waals surface area contributed by atoms with Crippen molar-refractivity contribution in [2.45, 2.75) is 36.7 Å². The molecule has 0 radical (unpaired) electrons. The number of anilines is 1. The minimum atomic E-state index is -1.71. The fraction of sp³-hybridized carbons (Fsp3) is 0.261. The number of aromatic nitrogens is 2. The molecule has 3 aromatic rings. The molecule has 1 aromatic heterocycles. The predicted octanol–water partition coefficient (Wildman–Crippen LogP) is 2.63. The molecule has 2 bridgehead atoms. The van der Waals surface area contributed by atoms with Crippen LogP contribution in [0.1, 0.15) is 47.4 Å². The van der Waals surface area contributed by atoms with Crippen LogP contribution in [-0.4, -0.2) is 42.3 Å². The Hall–Kier alpha value is -3.46. The Morgan fingerprint density at radius 1 is 1.09 bits per heavy atom. The summed E-state index contributed by atoms with van der Waals surface area (Å²) in [5.74, 6) is -1.39. The maximum absolute atomic E-state index is 13.3. The molecule has 8 nitrogen and oxygen atoms in total. The van der Waals surface area contributed by atoms with Gasteiger partial charge in [-0.2, -0.15) is 4.98 Å². The molecule has 2 unspecified atom stereocenters. The number of amides is 1. The summed E-state index contributed by atoms with van der Waals surface area (Å²) in [5.41, 5.74) is 0.848. The fourth-order valence-electron chi connectivity index (χ4n) is 4.59. The van der Waals surface area contributed by atoms with E-state index in [1.165, 1.54) is 0 Å². The van der Waals surface area contributed by atoms with Crippen LogP contribution in [0.2, 0.25) is 0 Å². The van der Waals surface area contributed by atoms with E-state index in [-0.39, 0.29) is 23.6 Å². The molecule has 0 spiro atoms. The topological polar surface area (TPSA) is 105 Å². The summed E-state index contributed by atoms with van der Waals surface area (Å²) in [6.45, 7) is 4.12. The first-order valence-corrected chi connectivity index (χ1v) is 11.5. The third-order valence-electron chi connectivity index (χ3n) is 6.06. The number of rotatable bonds is 2. The predicted molar refractivity (Wildman–Crippen MR) is 120 cm³/mol. The number of benzene rings is 2. The Bertz CT molecular complexity index is 1310. The second-order valence-electron chi connectivity index (χ2n) is 8.26. The van der Waals surface area contributed by atoms with Gasteiger partial charge in [-0.05, 0) is 37.1 Å². The molecule has 3 atom stereocenters. The van der Waals surface area contributed by atoms with E-state index in [1.807, 2.05) is 62.4 Å². The van der Waals surface area contributed by atoms with Crippen LogP contribution in [0.4, 0.5) is 5.95 Å². The smallest absolute Gasteiger partial charge is 0.317 e. The van der Waals surface area contributed by atoms with Crippen LogP contribution in [-0.2, 0) is 11.0 Å². The van der Waals surface area contributed by atoms with Crippen LogP contribution >= 0.6 is 0 Å². The van der Waals surface area contributed by atoms with Gasteiger partial charge in [-0.15, -0.1) is 0 Å². The van der Waals surface area contributed by atoms with E-state index in [0.717, 1.165) is 11.1 Å². The van der Waals surface area contributed by atoms with Gasteiger partial charge in [0.05, 0.1) is 10.9 Å². The zero-order valence-corrected chi connectivity index (χ0v) is 18.4. The molecule has 2 aliphatic heterocycles. The molecular formula is C23H22N4O4S. The van der Waals surface area contributed by atoms with Crippen molar-refractivity contribution in [2.24, 2.45) is 0 Å². The minimum Gasteiger partial charge on any atom is -0.501 e. The van der Waals surface area contributed by atoms with Crippen LogP contribution in [0.5, 0.6) is 5.75 Å². The average molecular weight is 451 g/mol. The number of fused-ring (bicyclic) bond motifs is 2. The highest BCUT2D eigenvalue weighted by atomic mass is 32.2. The summed E-state index contributed by atoms with van der Waals surface area (Å²) in [6, 6.07) is 16.7. The quantitative estimate of drug-likeness (QED) is 0.625. The Morgan fingerprint density at radius 3 is 2.53 bits per heavy atom. The molecule has 9 heteroatoms. The summed E-state index contributed by atoms with van der Waals surface area (Å²) < 4.78 is 17.4. The molecule has 0 saturated heterocycles. The van der Waals surface area contributed by atoms with Gasteiger partial charge in [0.25, 0.3) is 5.91 Å². The van der Waals surface area contributed by atoms with E-state index in [1.54, 1.807) is 15.5 Å². The van der Waals surface area contributed by atoms with Crippen molar-refractivity contribution in [2.75, 3.05) is 11.3 Å². The fourth-order valence-corrected chi connectivity index (χ4v) is 5.46. The highest BCUT2D eigenvalue weighted by Gasteiger charge is 2.42. The molecular weight excluding hydrogens is 428 g/mol. The van der Waals surface area contributed by atoms with Crippen LogP contribution < -0.4 is 10.3 Å². The molecule has 0 saturated carbocycles. The molecule has 1 amide bonds. The normalized spacial score (nSPS) is 21.9. The standard InChI is InChI=1S/C23H22N4O4S/c1-13(2)26-12-17-18(14-7-4-3-5-8-14)15-9-6-10-16(11-15)32(31)25-23-24-21(29)20(28)19(22(26)30)27(17)23/h3-11,13,17-18,28H,12H2,1-2H3,(H,24,25,29)/t17-,18?,32?/m1/s1. The molecule has 2 aliphatic rings. The summed E-state index contributed by atoms with van der Waals surface area (Å²) in [4.78, 5) is 32.0. The zero-order chi connectivity index (χ0) is 22.6. The highest BCUT2D eigenvalue weighted by molar-refractivity contribution is 7.86. The van der Waals surface area contributed by atoms with E-state index in [2.05, 4.69) is 9.71 Å². The molecule has 2 aromatic carbocycles. The zero-order valence-electron chi connectivity index (χ0n) is 17.6. The van der Waals surface area contributed by atoms with Crippen molar-refractivity contribution >= 4 is 22.8 Å². The third-order valence-corrected chi connectivity index (χ3v) is 7.11. The summed E-state index contributed by atoms with van der Waals surface area (Å²) in [7, 11) is -1.71. The molecule has 2 N–H and O–H groups in total. The Kier molecular flexibility index (Phi) is 4.85. The number of carbonyl (C=O) groups excluding carboxylic acids is 1. The molecule has 5 rings (SSSR count). The van der Waals surface area contributed by atoms with Crippen LogP contribution in [0, 0.1) is 0 Å². The van der Waals surface area contributed by atoms with Gasteiger partial charge in [0.1, 0.15) is 0 Å². The lowest BCUT2D eigenvalue weighted by atomic mass is 9.83. The first kappa shape index (κ1) is 20.4. The number of carbonyl (C=O) groups is 1. The monoisotopic (exact) mass is 450 g/mol. The van der Waals surface area contributed by atoms with E-state index in [0.29, 0.717) is 11.4 Å². The van der Waals surface area contributed by atoms with Gasteiger partial charge in [-0.25, -0.2) is 4.21 Å². The van der Waals surface area contributed by atoms with Gasteiger partial charge >= 0.3 is 5.56 Å². The minimum absolute atomic E-state index is 0.00581. The third kappa shape index (κ3) is 3.12. The maximum Gasteiger partial charge on any atom is 0.317 e. The Morgan fingerprint density at radius 2 is 1.81 bits per heavy atom. The SMILES string of the molecule is CC(C)N1C[C@@H]2C(c3ccccc3)c3cccc(c3)S(=O)Nc3nc(=O)c(O)c(n32)C1=O. The van der Waals surface area contributed by atoms with Gasteiger partial charge < -0.3 is 10.0 Å². The molecule has 0 fully saturated rings. The summed E-state index contributed by atoms with van der Waals surface area (Å²) in [6.07, 6.45) is 0. The van der Waals surface area contributed by atoms with Crippen molar-refractivity contribution in [3.05, 3.63) is 81.8 Å². The lowest BCUT2D eigenvalue weighted by Gasteiger charge is -2.42. The van der Waals surface area contributed by atoms with E-state index in [9.17, 15) is 18.9 Å². The summed E-state index contributed by atoms with van der Waals surface area (Å²) >= 11 is 0. The van der Waals surface area contributed by atoms with Gasteiger partial charge in [-0.1, -0.05) is 42.5 Å². The van der Waals surface area contributed by atoms with E-state index in [4.69, 9.17) is 0 Å². The molecule has 3 heterocycles. The van der Waals surface area contributed by atoms with Gasteiger partial charge in [0, 0.05) is 18.5 Å². The lowest BCUT2D eigenvalue weighted by Crippen LogP contribution is -2.49. The highest BCUT2D eigenvalue weighted by Crippen LogP contribution is 2.43. The number of nitrogens with one attached hydrogen (secondary N) is 1. The molecule has 0 aliphatic carbocycles. The van der Waals surface area contributed by atoms with Crippen LogP contribution in [0.25, 0.3) is 0 Å². The van der Waals surface area contributed by atoms with Crippen molar-refractivity contribution in [1.29, 1.82) is 0 Å². The van der Waals surface area contributed by atoms with Gasteiger partial charge in [-0.3, -0.25) is 18.9 Å². The average Bonchev–Trinajstić information content (AvgIpc) is 2.81. The van der Waals surface area contributed by atoms with Crippen molar-refractivity contribution < 1.29 is 14.1 Å². The first-order valence-electron chi connectivity index (χ1n) is 10.4. The van der Waals surface area contributed by atoms with E-state index < -0.39 is 34.2 Å². The van der Waals surface area contributed by atoms with Crippen molar-refractivity contribution in [1.82, 2.24) is 14.5 Å². The van der Waals surface area contributed by atoms with Crippen LogP contribution in [0.3, 0.4) is 0 Å². The van der Waals surface area contributed by atoms with E-state index >= 15 is 0 Å². The molecule has 164 valence electrons. The Labute approximate surface area is 187 Å². The molecule has 32 heavy (non-hydrogen) atoms. The largest absolute Gasteiger partial charge is 0.501 e. The summed E-state index contributed by atoms with van der Waals surface area (Å²) in [5, 5.41) is 10.6. The second kappa shape index (κ2) is 7.59. The number of hydrogen-bond acceptors (Lipinski definition) is 5. The van der Waals surface area contributed by atoms with Gasteiger partial charge in [0.15, 0.2) is 16.7 Å². The van der Waals surface area contributed by atoms with Crippen molar-refractivity contribution in [3.63, 3.8) is 0 Å². The lowest BCUT2D eigenvalue weighted by molar-refractivity contribution is 0.0588. The Balaban J connectivity index is 1.88. The van der Waals surface area contributed by atoms with Crippen LogP contribution in [0.15, 0.2) is 64.3 Å². The first-order chi connectivity index (χ1) is 15.4. The number of aromatic hydroxyl groups is 1. The number of hydrogen-bond donors (Lipinski definition) is 2. The number of nitrogens with zero attached hydrogens (tertiary/aromatic N) is 3. The van der Waals surface area contributed by atoms with Crippen molar-refractivity contribution in [3.8, 4) is 5.75 Å². The van der Waals surface area contributed by atoms with Gasteiger partial charge in [0.2, 0.25) is 11.7 Å². The second-order valence-corrected chi connectivity index (χ2v) is 9.47. The maximum atomic E-state index is 13.3.